The fraction of sp³-hybridized carbons (Fsp3) is 0.909. The van der Waals surface area contributed by atoms with E-state index in [0.29, 0.717) is 12.3 Å². The fourth-order valence-corrected chi connectivity index (χ4v) is 2.60. The second-order valence-electron chi connectivity index (χ2n) is 4.75. The highest BCUT2D eigenvalue weighted by Crippen LogP contribution is 2.34. The van der Waals surface area contributed by atoms with E-state index in [1.165, 1.54) is 38.5 Å². The Kier molecular flexibility index (Phi) is 3.46. The molecule has 2 aliphatic carbocycles. The van der Waals surface area contributed by atoms with E-state index in [9.17, 15) is 0 Å². The number of nitrogens with zero attached hydrogens (tertiary/aromatic N) is 2. The fourth-order valence-electron chi connectivity index (χ4n) is 2.60. The van der Waals surface area contributed by atoms with Crippen LogP contribution in [0.2, 0.25) is 0 Å². The maximum atomic E-state index is 8.51. The van der Waals surface area contributed by atoms with Gasteiger partial charge in [-0.1, -0.05) is 18.0 Å². The molecule has 0 aromatic heterocycles. The highest BCUT2D eigenvalue weighted by Gasteiger charge is 2.34. The number of nitrogens with two attached hydrogens (primary N) is 1. The van der Waals surface area contributed by atoms with Gasteiger partial charge in [-0.2, -0.15) is 0 Å². The van der Waals surface area contributed by atoms with Crippen LogP contribution >= 0.6 is 0 Å². The third kappa shape index (κ3) is 2.84. The predicted octanol–water partition coefficient (Wildman–Crippen LogP) is 1.53. The Hall–Kier alpha value is -0.770. The summed E-state index contributed by atoms with van der Waals surface area (Å²) in [5, 5.41) is 11.5. The van der Waals surface area contributed by atoms with Crippen molar-refractivity contribution in [2.75, 3.05) is 6.54 Å². The molecule has 3 N–H and O–H groups in total. The van der Waals surface area contributed by atoms with Crippen molar-refractivity contribution in [1.29, 1.82) is 0 Å². The summed E-state index contributed by atoms with van der Waals surface area (Å²) in [7, 11) is 0. The molecule has 0 radical (unpaired) electrons. The molecule has 0 unspecified atom stereocenters. The molecular formula is C11H21N3O. The lowest BCUT2D eigenvalue weighted by Gasteiger charge is -2.28. The summed E-state index contributed by atoms with van der Waals surface area (Å²) in [5.41, 5.74) is 5.51. The van der Waals surface area contributed by atoms with Crippen molar-refractivity contribution in [3.63, 3.8) is 0 Å². The van der Waals surface area contributed by atoms with Crippen molar-refractivity contribution in [2.24, 2.45) is 10.9 Å². The van der Waals surface area contributed by atoms with Gasteiger partial charge in [-0.15, -0.1) is 0 Å². The van der Waals surface area contributed by atoms with Crippen LogP contribution in [-0.4, -0.2) is 34.6 Å². The zero-order chi connectivity index (χ0) is 10.7. The molecule has 2 rings (SSSR count). The number of hydrogen-bond donors (Lipinski definition) is 2. The van der Waals surface area contributed by atoms with Gasteiger partial charge in [0.15, 0.2) is 0 Å². The minimum atomic E-state index is 0.360. The van der Waals surface area contributed by atoms with E-state index in [-0.39, 0.29) is 0 Å². The average molecular weight is 211 g/mol. The van der Waals surface area contributed by atoms with Gasteiger partial charge in [0, 0.05) is 25.0 Å². The topological polar surface area (TPSA) is 61.8 Å². The smallest absolute Gasteiger partial charge is 0.140 e. The van der Waals surface area contributed by atoms with Gasteiger partial charge in [-0.3, -0.25) is 4.90 Å². The molecule has 15 heavy (non-hydrogen) atoms. The van der Waals surface area contributed by atoms with Crippen molar-refractivity contribution in [3.8, 4) is 0 Å². The van der Waals surface area contributed by atoms with E-state index >= 15 is 0 Å². The van der Waals surface area contributed by atoms with Gasteiger partial charge in [0.25, 0.3) is 0 Å². The standard InChI is InChI=1S/C11H21N3O/c12-11(13-15)7-8-14(10-5-6-10)9-3-1-2-4-9/h9-10,15H,1-8H2,(H2,12,13). The van der Waals surface area contributed by atoms with Crippen LogP contribution in [0.15, 0.2) is 5.16 Å². The SMILES string of the molecule is NC(CCN(C1CCCC1)C1CC1)=NO. The molecule has 0 spiro atoms. The van der Waals surface area contributed by atoms with Crippen molar-refractivity contribution in [1.82, 2.24) is 4.90 Å². The molecule has 0 heterocycles. The summed E-state index contributed by atoms with van der Waals surface area (Å²) in [5.74, 6) is 0.360. The Bertz CT molecular complexity index is 232. The van der Waals surface area contributed by atoms with Crippen molar-refractivity contribution in [2.45, 2.75) is 57.0 Å². The molecule has 0 saturated heterocycles. The maximum absolute atomic E-state index is 8.51. The third-order valence-electron chi connectivity index (χ3n) is 3.56. The van der Waals surface area contributed by atoms with Crippen LogP contribution < -0.4 is 5.73 Å². The van der Waals surface area contributed by atoms with Gasteiger partial charge >= 0.3 is 0 Å². The van der Waals surface area contributed by atoms with E-state index in [1.54, 1.807) is 0 Å². The van der Waals surface area contributed by atoms with Crippen molar-refractivity contribution >= 4 is 5.84 Å². The first-order valence-electron chi connectivity index (χ1n) is 6.03. The van der Waals surface area contributed by atoms with Crippen LogP contribution in [0.5, 0.6) is 0 Å². The largest absolute Gasteiger partial charge is 0.409 e. The summed E-state index contributed by atoms with van der Waals surface area (Å²) in [6.45, 7) is 0.964. The Balaban J connectivity index is 1.83. The molecule has 4 heteroatoms. The normalized spacial score (nSPS) is 23.9. The second kappa shape index (κ2) is 4.84. The molecule has 2 fully saturated rings. The molecule has 0 aliphatic heterocycles. The molecule has 0 amide bonds. The average Bonchev–Trinajstić information content (AvgIpc) is 2.94. The highest BCUT2D eigenvalue weighted by atomic mass is 16.4. The quantitative estimate of drug-likeness (QED) is 0.314. The molecule has 4 nitrogen and oxygen atoms in total. The molecule has 0 bridgehead atoms. The van der Waals surface area contributed by atoms with Crippen LogP contribution in [0.25, 0.3) is 0 Å². The molecule has 0 aromatic carbocycles. The Morgan fingerprint density at radius 2 is 1.80 bits per heavy atom. The Morgan fingerprint density at radius 1 is 1.20 bits per heavy atom. The summed E-state index contributed by atoms with van der Waals surface area (Å²) in [6, 6.07) is 1.56. The summed E-state index contributed by atoms with van der Waals surface area (Å²) in [4.78, 5) is 2.59. The summed E-state index contributed by atoms with van der Waals surface area (Å²) >= 11 is 0. The Morgan fingerprint density at radius 3 is 2.33 bits per heavy atom. The predicted molar refractivity (Wildman–Crippen MR) is 60.0 cm³/mol. The van der Waals surface area contributed by atoms with Crippen molar-refractivity contribution < 1.29 is 5.21 Å². The van der Waals surface area contributed by atoms with Crippen LogP contribution in [0.4, 0.5) is 0 Å². The number of hydrogen-bond acceptors (Lipinski definition) is 3. The zero-order valence-electron chi connectivity index (χ0n) is 9.23. The van der Waals surface area contributed by atoms with Crippen LogP contribution in [0, 0.1) is 0 Å². The van der Waals surface area contributed by atoms with E-state index < -0.39 is 0 Å². The van der Waals surface area contributed by atoms with E-state index in [1.807, 2.05) is 0 Å². The van der Waals surface area contributed by atoms with Crippen LogP contribution in [-0.2, 0) is 0 Å². The second-order valence-corrected chi connectivity index (χ2v) is 4.75. The van der Waals surface area contributed by atoms with Gasteiger partial charge in [-0.05, 0) is 25.7 Å². The molecule has 0 aromatic rings. The molecule has 0 atom stereocenters. The lowest BCUT2D eigenvalue weighted by molar-refractivity contribution is 0.193. The van der Waals surface area contributed by atoms with Gasteiger partial charge in [0.1, 0.15) is 5.84 Å². The first-order chi connectivity index (χ1) is 7.31. The number of rotatable bonds is 5. The summed E-state index contributed by atoms with van der Waals surface area (Å²) < 4.78 is 0. The lowest BCUT2D eigenvalue weighted by Crippen LogP contribution is -2.37. The minimum Gasteiger partial charge on any atom is -0.409 e. The van der Waals surface area contributed by atoms with Crippen LogP contribution in [0.1, 0.15) is 44.9 Å². The first kappa shape index (κ1) is 10.7. The van der Waals surface area contributed by atoms with Crippen LogP contribution in [0.3, 0.4) is 0 Å². The molecule has 2 aliphatic rings. The molecule has 86 valence electrons. The highest BCUT2D eigenvalue weighted by molar-refractivity contribution is 5.79. The van der Waals surface area contributed by atoms with Gasteiger partial charge in [0.05, 0.1) is 0 Å². The minimum absolute atomic E-state index is 0.360. The van der Waals surface area contributed by atoms with Gasteiger partial charge < -0.3 is 10.9 Å². The molecular weight excluding hydrogens is 190 g/mol. The molecule has 2 saturated carbocycles. The van der Waals surface area contributed by atoms with Crippen molar-refractivity contribution in [3.05, 3.63) is 0 Å². The van der Waals surface area contributed by atoms with E-state index in [4.69, 9.17) is 10.9 Å². The third-order valence-corrected chi connectivity index (χ3v) is 3.56. The number of oxime groups is 1. The zero-order valence-corrected chi connectivity index (χ0v) is 9.23. The maximum Gasteiger partial charge on any atom is 0.140 e. The lowest BCUT2D eigenvalue weighted by atomic mass is 10.2. The van der Waals surface area contributed by atoms with Gasteiger partial charge in [0.2, 0.25) is 0 Å². The Labute approximate surface area is 91.1 Å². The van der Waals surface area contributed by atoms with E-state index in [2.05, 4.69) is 10.1 Å². The first-order valence-corrected chi connectivity index (χ1v) is 6.03. The van der Waals surface area contributed by atoms with Gasteiger partial charge in [-0.25, -0.2) is 0 Å². The van der Waals surface area contributed by atoms with E-state index in [0.717, 1.165) is 18.6 Å². The monoisotopic (exact) mass is 211 g/mol. The summed E-state index contributed by atoms with van der Waals surface area (Å²) in [6.07, 6.45) is 8.80. The number of amidine groups is 1.